The summed E-state index contributed by atoms with van der Waals surface area (Å²) in [7, 11) is 0. The number of imide groups is 1. The summed E-state index contributed by atoms with van der Waals surface area (Å²) in [5.74, 6) is -1.94. The summed E-state index contributed by atoms with van der Waals surface area (Å²) in [4.78, 5) is 48.5. The number of carbonyl (C=O) groups excluding carboxylic acids is 4. The number of carbonyl (C=O) groups is 4. The zero-order valence-electron chi connectivity index (χ0n) is 14.8. The molecule has 7 nitrogen and oxygen atoms in total. The number of carboxylic acids is 1. The topological polar surface area (TPSA) is 104 Å². The molecule has 1 fully saturated rings. The third-order valence-electron chi connectivity index (χ3n) is 3.88. The first kappa shape index (κ1) is 20.6. The van der Waals surface area contributed by atoms with Crippen molar-refractivity contribution in [3.8, 4) is 5.75 Å². The van der Waals surface area contributed by atoms with E-state index in [1.165, 1.54) is 30.3 Å². The smallest absolute Gasteiger partial charge is 0.293 e. The Bertz CT molecular complexity index is 1000. The van der Waals surface area contributed by atoms with Gasteiger partial charge in [0.25, 0.3) is 11.1 Å². The van der Waals surface area contributed by atoms with Crippen molar-refractivity contribution in [2.24, 2.45) is 0 Å². The molecule has 1 aliphatic rings. The van der Waals surface area contributed by atoms with Crippen LogP contribution in [0.5, 0.6) is 5.75 Å². The van der Waals surface area contributed by atoms with E-state index >= 15 is 0 Å². The summed E-state index contributed by atoms with van der Waals surface area (Å²) in [6, 6.07) is 12.5. The molecule has 0 atom stereocenters. The Hall–Kier alpha value is -3.10. The molecule has 0 unspecified atom stereocenters. The maximum Gasteiger partial charge on any atom is 0.293 e. The number of carboxylic acid groups (broad SMARTS) is 1. The third-order valence-corrected chi connectivity index (χ3v) is 5.04. The molecule has 0 spiro atoms. The molecule has 2 amide bonds. The number of thioether (sulfide) groups is 1. The van der Waals surface area contributed by atoms with Crippen LogP contribution in [0.25, 0.3) is 6.08 Å². The number of rotatable bonds is 7. The Morgan fingerprint density at radius 2 is 1.72 bits per heavy atom. The van der Waals surface area contributed by atoms with Crippen LogP contribution in [0.4, 0.5) is 4.79 Å². The van der Waals surface area contributed by atoms with Crippen LogP contribution in [0.3, 0.4) is 0 Å². The van der Waals surface area contributed by atoms with Crippen LogP contribution >= 0.6 is 23.4 Å². The van der Waals surface area contributed by atoms with Gasteiger partial charge in [-0.25, -0.2) is 0 Å². The second-order valence-electron chi connectivity index (χ2n) is 5.93. The fourth-order valence-corrected chi connectivity index (χ4v) is 3.43. The molecule has 0 saturated carbocycles. The first-order valence-electron chi connectivity index (χ1n) is 8.30. The highest BCUT2D eigenvalue weighted by molar-refractivity contribution is 8.18. The van der Waals surface area contributed by atoms with E-state index in [1.54, 1.807) is 24.3 Å². The van der Waals surface area contributed by atoms with E-state index in [1.807, 2.05) is 0 Å². The van der Waals surface area contributed by atoms with Gasteiger partial charge in [0.2, 0.25) is 0 Å². The lowest BCUT2D eigenvalue weighted by Gasteiger charge is -2.11. The van der Waals surface area contributed by atoms with Crippen LogP contribution in [0.2, 0.25) is 5.02 Å². The normalized spacial score (nSPS) is 15.1. The molecule has 0 N–H and O–H groups in total. The minimum Gasteiger partial charge on any atom is -0.546 e. The Balaban J connectivity index is 1.68. The lowest BCUT2D eigenvalue weighted by atomic mass is 10.1. The van der Waals surface area contributed by atoms with E-state index in [0.29, 0.717) is 21.9 Å². The van der Waals surface area contributed by atoms with Gasteiger partial charge in [-0.2, -0.15) is 0 Å². The standard InChI is InChI=1S/C20H14ClNO6S/c21-14-5-3-13(4-6-14)16(23)10-22-19(26)17(29-20(22)27)9-12-1-7-15(8-2-12)28-11-18(24)25/h1-9H,10-11H2,(H,24,25)/p-1/b17-9-. The second-order valence-corrected chi connectivity index (χ2v) is 7.36. The summed E-state index contributed by atoms with van der Waals surface area (Å²) in [5.41, 5.74) is 0.963. The fraction of sp³-hybridized carbons (Fsp3) is 0.100. The van der Waals surface area contributed by atoms with Crippen LogP contribution in [0, 0.1) is 0 Å². The van der Waals surface area contributed by atoms with Crippen molar-refractivity contribution in [1.82, 2.24) is 4.90 Å². The van der Waals surface area contributed by atoms with Crippen LogP contribution in [-0.4, -0.2) is 41.0 Å². The van der Waals surface area contributed by atoms with Gasteiger partial charge < -0.3 is 14.6 Å². The van der Waals surface area contributed by atoms with Gasteiger partial charge in [0.05, 0.1) is 17.4 Å². The average Bonchev–Trinajstić information content (AvgIpc) is 2.95. The van der Waals surface area contributed by atoms with Gasteiger partial charge in [0.1, 0.15) is 12.4 Å². The van der Waals surface area contributed by atoms with Crippen LogP contribution < -0.4 is 9.84 Å². The van der Waals surface area contributed by atoms with Gasteiger partial charge in [-0.05, 0) is 59.8 Å². The molecule has 0 aromatic heterocycles. The molecule has 1 saturated heterocycles. The van der Waals surface area contributed by atoms with Crippen molar-refractivity contribution < 1.29 is 29.0 Å². The SMILES string of the molecule is O=C([O-])COc1ccc(/C=C2\SC(=O)N(CC(=O)c3ccc(Cl)cc3)C2=O)cc1. The molecule has 0 aliphatic carbocycles. The highest BCUT2D eigenvalue weighted by Crippen LogP contribution is 2.32. The van der Waals surface area contributed by atoms with Gasteiger partial charge in [0, 0.05) is 10.6 Å². The molecule has 2 aromatic rings. The highest BCUT2D eigenvalue weighted by Gasteiger charge is 2.36. The number of ketones is 1. The van der Waals surface area contributed by atoms with E-state index in [2.05, 4.69) is 0 Å². The van der Waals surface area contributed by atoms with E-state index in [0.717, 1.165) is 16.7 Å². The molecule has 0 bridgehead atoms. The molecule has 148 valence electrons. The summed E-state index contributed by atoms with van der Waals surface area (Å²) < 4.78 is 4.98. The minimum atomic E-state index is -1.34. The molecule has 1 heterocycles. The first-order chi connectivity index (χ1) is 13.8. The number of hydrogen-bond acceptors (Lipinski definition) is 7. The predicted octanol–water partition coefficient (Wildman–Crippen LogP) is 2.39. The van der Waals surface area contributed by atoms with E-state index in [4.69, 9.17) is 16.3 Å². The zero-order chi connectivity index (χ0) is 21.0. The largest absolute Gasteiger partial charge is 0.546 e. The van der Waals surface area contributed by atoms with Crippen LogP contribution in [0.1, 0.15) is 15.9 Å². The van der Waals surface area contributed by atoms with Gasteiger partial charge in [-0.15, -0.1) is 0 Å². The predicted molar refractivity (Wildman–Crippen MR) is 105 cm³/mol. The quantitative estimate of drug-likeness (QED) is 0.490. The Labute approximate surface area is 174 Å². The molecular formula is C20H13ClNO6S-. The van der Waals surface area contributed by atoms with Crippen molar-refractivity contribution >= 4 is 52.3 Å². The number of benzene rings is 2. The van der Waals surface area contributed by atoms with E-state index in [-0.39, 0.29) is 17.2 Å². The number of halogens is 1. The maximum absolute atomic E-state index is 12.5. The monoisotopic (exact) mass is 430 g/mol. The highest BCUT2D eigenvalue weighted by atomic mass is 35.5. The lowest BCUT2D eigenvalue weighted by Crippen LogP contribution is -2.33. The summed E-state index contributed by atoms with van der Waals surface area (Å²) in [6.45, 7) is -0.931. The second kappa shape index (κ2) is 8.93. The summed E-state index contributed by atoms with van der Waals surface area (Å²) >= 11 is 6.54. The number of Topliss-reactive ketones (excluding diaryl/α,β-unsaturated/α-hetero) is 1. The number of hydrogen-bond donors (Lipinski definition) is 0. The van der Waals surface area contributed by atoms with E-state index in [9.17, 15) is 24.3 Å². The Kier molecular flexibility index (Phi) is 6.36. The molecule has 0 radical (unpaired) electrons. The van der Waals surface area contributed by atoms with Crippen molar-refractivity contribution in [2.45, 2.75) is 0 Å². The van der Waals surface area contributed by atoms with Gasteiger partial charge >= 0.3 is 0 Å². The van der Waals surface area contributed by atoms with Crippen molar-refractivity contribution in [1.29, 1.82) is 0 Å². The molecule has 2 aromatic carbocycles. The molecule has 3 rings (SSSR count). The van der Waals surface area contributed by atoms with Crippen molar-refractivity contribution in [3.63, 3.8) is 0 Å². The van der Waals surface area contributed by atoms with E-state index < -0.39 is 23.7 Å². The maximum atomic E-state index is 12.5. The molecule has 9 heteroatoms. The average molecular weight is 431 g/mol. The van der Waals surface area contributed by atoms with Crippen molar-refractivity contribution in [3.05, 3.63) is 69.6 Å². The van der Waals surface area contributed by atoms with Gasteiger partial charge in [-0.3, -0.25) is 19.3 Å². The van der Waals surface area contributed by atoms with Gasteiger partial charge in [0.15, 0.2) is 5.78 Å². The molecule has 29 heavy (non-hydrogen) atoms. The van der Waals surface area contributed by atoms with Crippen molar-refractivity contribution in [2.75, 3.05) is 13.2 Å². The molecular weight excluding hydrogens is 418 g/mol. The minimum absolute atomic E-state index is 0.183. The summed E-state index contributed by atoms with van der Waals surface area (Å²) in [5, 5.41) is 10.3. The Morgan fingerprint density at radius 3 is 2.34 bits per heavy atom. The number of aliphatic carboxylic acids is 1. The fourth-order valence-electron chi connectivity index (χ4n) is 2.46. The van der Waals surface area contributed by atoms with Crippen LogP contribution in [0.15, 0.2) is 53.4 Å². The lowest BCUT2D eigenvalue weighted by molar-refractivity contribution is -0.307. The molecule has 1 aliphatic heterocycles. The number of ether oxygens (including phenoxy) is 1. The zero-order valence-corrected chi connectivity index (χ0v) is 16.4. The third kappa shape index (κ3) is 5.24. The van der Waals surface area contributed by atoms with Crippen LogP contribution in [-0.2, 0) is 9.59 Å². The number of nitrogens with zero attached hydrogens (tertiary/aromatic N) is 1. The van der Waals surface area contributed by atoms with Gasteiger partial charge in [-0.1, -0.05) is 23.7 Å². The number of amides is 2. The summed E-state index contributed by atoms with van der Waals surface area (Å²) in [6.07, 6.45) is 1.51. The first-order valence-corrected chi connectivity index (χ1v) is 9.50. The Morgan fingerprint density at radius 1 is 1.07 bits per heavy atom.